The van der Waals surface area contributed by atoms with Crippen molar-refractivity contribution in [1.29, 1.82) is 0 Å². The van der Waals surface area contributed by atoms with Crippen molar-refractivity contribution in [2.24, 2.45) is 0 Å². The van der Waals surface area contributed by atoms with Crippen LogP contribution in [0.3, 0.4) is 0 Å². The first-order valence-electron chi connectivity index (χ1n) is 8.46. The molecule has 1 N–H and O–H groups in total. The van der Waals surface area contributed by atoms with Crippen molar-refractivity contribution in [2.75, 3.05) is 24.5 Å². The summed E-state index contributed by atoms with van der Waals surface area (Å²) < 4.78 is 0. The number of rotatable bonds is 2. The largest absolute Gasteiger partial charge is 0.349 e. The first kappa shape index (κ1) is 16.7. The minimum Gasteiger partial charge on any atom is -0.349 e. The molecular weight excluding hydrogens is 357 g/mol. The number of carbonyl (C=O) groups is 1. The van der Waals surface area contributed by atoms with Crippen LogP contribution >= 0.6 is 23.2 Å². The highest BCUT2D eigenvalue weighted by Gasteiger charge is 2.39. The zero-order valence-corrected chi connectivity index (χ0v) is 15.2. The number of hydrogen-bond acceptors (Lipinski definition) is 3. The number of hydrogen-bond donors (Lipinski definition) is 1. The smallest absolute Gasteiger partial charge is 0.259 e. The fourth-order valence-electron chi connectivity index (χ4n) is 3.70. The summed E-state index contributed by atoms with van der Waals surface area (Å²) in [6.07, 6.45) is 0.868. The van der Waals surface area contributed by atoms with E-state index in [0.717, 1.165) is 37.3 Å². The number of nitrogens with zero attached hydrogens (tertiary/aromatic N) is 2. The molecule has 2 heterocycles. The minimum atomic E-state index is -0.0244. The van der Waals surface area contributed by atoms with Gasteiger partial charge in [0.05, 0.1) is 16.3 Å². The molecule has 130 valence electrons. The van der Waals surface area contributed by atoms with Crippen LogP contribution in [-0.4, -0.2) is 36.6 Å². The highest BCUT2D eigenvalue weighted by Crippen LogP contribution is 2.39. The molecule has 1 saturated heterocycles. The quantitative estimate of drug-likeness (QED) is 0.867. The fraction of sp³-hybridized carbons (Fsp3) is 0.316. The Hall–Kier alpha value is -1.75. The van der Waals surface area contributed by atoms with Crippen molar-refractivity contribution in [1.82, 2.24) is 10.2 Å². The number of benzene rings is 2. The van der Waals surface area contributed by atoms with Crippen molar-refractivity contribution in [2.45, 2.75) is 19.1 Å². The second-order valence-corrected chi connectivity index (χ2v) is 7.26. The molecule has 2 aliphatic rings. The summed E-state index contributed by atoms with van der Waals surface area (Å²) in [4.78, 5) is 17.5. The van der Waals surface area contributed by atoms with Crippen LogP contribution in [0.15, 0.2) is 42.5 Å². The third kappa shape index (κ3) is 3.10. The molecule has 25 heavy (non-hydrogen) atoms. The summed E-state index contributed by atoms with van der Waals surface area (Å²) in [5.41, 5.74) is 2.52. The molecule has 1 fully saturated rings. The van der Waals surface area contributed by atoms with E-state index < -0.39 is 0 Å². The van der Waals surface area contributed by atoms with E-state index in [1.165, 1.54) is 0 Å². The van der Waals surface area contributed by atoms with E-state index in [0.29, 0.717) is 22.2 Å². The predicted octanol–water partition coefficient (Wildman–Crippen LogP) is 3.78. The number of carbonyl (C=O) groups excluding carboxylic acids is 1. The standard InChI is InChI=1S/C19H19Cl2N3O/c20-14-10-15(21)18-16(11-14)23-9-8-22-7-6-17(23)24(19(18)25)12-13-4-2-1-3-5-13/h1-5,10-11,17,22H,6-9,12H2/t17-/m1/s1. The summed E-state index contributed by atoms with van der Waals surface area (Å²) in [6, 6.07) is 13.6. The summed E-state index contributed by atoms with van der Waals surface area (Å²) >= 11 is 12.6. The average molecular weight is 376 g/mol. The lowest BCUT2D eigenvalue weighted by molar-refractivity contribution is 0.0628. The highest BCUT2D eigenvalue weighted by molar-refractivity contribution is 6.38. The van der Waals surface area contributed by atoms with Crippen LogP contribution < -0.4 is 10.2 Å². The molecule has 6 heteroatoms. The molecule has 0 aliphatic carbocycles. The Labute approximate surface area is 157 Å². The molecule has 2 aromatic carbocycles. The van der Waals surface area contributed by atoms with E-state index in [9.17, 15) is 4.79 Å². The molecule has 4 rings (SSSR count). The summed E-state index contributed by atoms with van der Waals surface area (Å²) in [5.74, 6) is -0.0244. The molecule has 2 aliphatic heterocycles. The van der Waals surface area contributed by atoms with Crippen molar-refractivity contribution in [3.63, 3.8) is 0 Å². The molecule has 0 radical (unpaired) electrons. The van der Waals surface area contributed by atoms with Gasteiger partial charge in [-0.2, -0.15) is 0 Å². The molecule has 0 saturated carbocycles. The maximum absolute atomic E-state index is 13.3. The summed E-state index contributed by atoms with van der Waals surface area (Å²) in [7, 11) is 0. The van der Waals surface area contributed by atoms with E-state index >= 15 is 0 Å². The van der Waals surface area contributed by atoms with Crippen molar-refractivity contribution < 1.29 is 4.79 Å². The zero-order valence-electron chi connectivity index (χ0n) is 13.7. The fourth-order valence-corrected chi connectivity index (χ4v) is 4.26. The van der Waals surface area contributed by atoms with Gasteiger partial charge in [-0.25, -0.2) is 0 Å². The third-order valence-electron chi connectivity index (χ3n) is 4.84. The molecule has 0 unspecified atom stereocenters. The van der Waals surface area contributed by atoms with E-state index in [-0.39, 0.29) is 12.1 Å². The van der Waals surface area contributed by atoms with Gasteiger partial charge in [0.2, 0.25) is 0 Å². The molecule has 4 nitrogen and oxygen atoms in total. The van der Waals surface area contributed by atoms with Crippen LogP contribution in [-0.2, 0) is 6.54 Å². The van der Waals surface area contributed by atoms with Gasteiger partial charge < -0.3 is 15.1 Å². The van der Waals surface area contributed by atoms with Crippen molar-refractivity contribution in [3.8, 4) is 0 Å². The minimum absolute atomic E-state index is 0.00439. The number of halogens is 2. The number of fused-ring (bicyclic) bond motifs is 3. The zero-order chi connectivity index (χ0) is 17.4. The topological polar surface area (TPSA) is 35.6 Å². The van der Waals surface area contributed by atoms with Crippen LogP contribution in [0.2, 0.25) is 10.0 Å². The number of amides is 1. The second kappa shape index (κ2) is 6.87. The van der Waals surface area contributed by atoms with Crippen molar-refractivity contribution >= 4 is 34.8 Å². The monoisotopic (exact) mass is 375 g/mol. The van der Waals surface area contributed by atoms with E-state index in [1.807, 2.05) is 41.3 Å². The maximum Gasteiger partial charge on any atom is 0.259 e. The third-order valence-corrected chi connectivity index (χ3v) is 5.36. The second-order valence-electron chi connectivity index (χ2n) is 6.41. The Morgan fingerprint density at radius 1 is 1.12 bits per heavy atom. The molecular formula is C19H19Cl2N3O. The predicted molar refractivity (Wildman–Crippen MR) is 101 cm³/mol. The first-order chi connectivity index (χ1) is 12.1. The Bertz CT molecular complexity index is 797. The maximum atomic E-state index is 13.3. The van der Waals surface area contributed by atoms with Crippen LogP contribution in [0.5, 0.6) is 0 Å². The number of anilines is 1. The first-order valence-corrected chi connectivity index (χ1v) is 9.22. The van der Waals surface area contributed by atoms with Gasteiger partial charge in [-0.15, -0.1) is 0 Å². The highest BCUT2D eigenvalue weighted by atomic mass is 35.5. The van der Waals surface area contributed by atoms with Gasteiger partial charge in [-0.3, -0.25) is 4.79 Å². The van der Waals surface area contributed by atoms with E-state index in [4.69, 9.17) is 23.2 Å². The Balaban J connectivity index is 1.80. The molecule has 1 amide bonds. The van der Waals surface area contributed by atoms with Gasteiger partial charge >= 0.3 is 0 Å². The van der Waals surface area contributed by atoms with Gasteiger partial charge in [-0.05, 0) is 30.7 Å². The van der Waals surface area contributed by atoms with Crippen molar-refractivity contribution in [3.05, 3.63) is 63.6 Å². The lowest BCUT2D eigenvalue weighted by atomic mass is 10.0. The van der Waals surface area contributed by atoms with E-state index in [2.05, 4.69) is 10.2 Å². The van der Waals surface area contributed by atoms with E-state index in [1.54, 1.807) is 6.07 Å². The van der Waals surface area contributed by atoms with Crippen LogP contribution in [0, 0.1) is 0 Å². The number of nitrogens with one attached hydrogen (secondary N) is 1. The lowest BCUT2D eigenvalue weighted by Crippen LogP contribution is -2.55. The van der Waals surface area contributed by atoms with Crippen LogP contribution in [0.1, 0.15) is 22.3 Å². The summed E-state index contributed by atoms with van der Waals surface area (Å²) in [5, 5.41) is 4.39. The normalized spacial score (nSPS) is 20.1. The Kier molecular flexibility index (Phi) is 4.59. The molecule has 0 bridgehead atoms. The van der Waals surface area contributed by atoms with Gasteiger partial charge in [0.15, 0.2) is 0 Å². The van der Waals surface area contributed by atoms with Gasteiger partial charge in [0.1, 0.15) is 6.17 Å². The van der Waals surface area contributed by atoms with Crippen LogP contribution in [0.25, 0.3) is 0 Å². The molecule has 0 aromatic heterocycles. The van der Waals surface area contributed by atoms with Crippen LogP contribution in [0.4, 0.5) is 5.69 Å². The lowest BCUT2D eigenvalue weighted by Gasteiger charge is -2.45. The SMILES string of the molecule is O=C1c2c(Cl)cc(Cl)cc2N2CCNCC[C@H]2N1Cc1ccccc1. The van der Waals surface area contributed by atoms with Gasteiger partial charge in [-0.1, -0.05) is 53.5 Å². The average Bonchev–Trinajstić information content (AvgIpc) is 2.85. The summed E-state index contributed by atoms with van der Waals surface area (Å²) in [6.45, 7) is 3.13. The van der Waals surface area contributed by atoms with Gasteiger partial charge in [0, 0.05) is 24.7 Å². The molecule has 1 atom stereocenters. The molecule has 2 aromatic rings. The Morgan fingerprint density at radius 2 is 1.92 bits per heavy atom. The Morgan fingerprint density at radius 3 is 2.72 bits per heavy atom. The molecule has 0 spiro atoms. The van der Waals surface area contributed by atoms with Gasteiger partial charge in [0.25, 0.3) is 5.91 Å².